The van der Waals surface area contributed by atoms with Crippen molar-refractivity contribution in [3.8, 4) is 0 Å². The summed E-state index contributed by atoms with van der Waals surface area (Å²) in [4.78, 5) is 14.8. The molecule has 0 atom stereocenters. The van der Waals surface area contributed by atoms with E-state index in [0.29, 0.717) is 11.4 Å². The summed E-state index contributed by atoms with van der Waals surface area (Å²) in [6, 6.07) is 11.7. The summed E-state index contributed by atoms with van der Waals surface area (Å²) in [5.41, 5.74) is 13.5. The molecule has 0 heterocycles. The second kappa shape index (κ2) is 15.4. The molecule has 0 amide bonds. The Kier molecular flexibility index (Phi) is 12.6. The van der Waals surface area contributed by atoms with Gasteiger partial charge in [-0.1, -0.05) is 52.4 Å². The van der Waals surface area contributed by atoms with Gasteiger partial charge in [-0.05, 0) is 61.7 Å². The first-order chi connectivity index (χ1) is 17.3. The number of carbonyl (C=O) groups excluding carboxylic acids is 1. The first kappa shape index (κ1) is 29.5. The number of nitrogen functional groups attached to an aromatic ring is 2. The lowest BCUT2D eigenvalue weighted by molar-refractivity contribution is 0.0506. The summed E-state index contributed by atoms with van der Waals surface area (Å²) in [6.45, 7) is 6.39. The Morgan fingerprint density at radius 1 is 0.806 bits per heavy atom. The van der Waals surface area contributed by atoms with Crippen LogP contribution in [0.1, 0.15) is 82.0 Å². The van der Waals surface area contributed by atoms with E-state index < -0.39 is 15.8 Å². The molecule has 0 bridgehead atoms. The lowest BCUT2D eigenvalue weighted by Crippen LogP contribution is -2.25. The van der Waals surface area contributed by atoms with Gasteiger partial charge in [0.2, 0.25) is 0 Å². The summed E-state index contributed by atoms with van der Waals surface area (Å²) in [5.74, 6) is -0.676. The Morgan fingerprint density at radius 2 is 1.36 bits per heavy atom. The maximum absolute atomic E-state index is 12.8. The Hall–Kier alpha value is -2.74. The molecule has 0 fully saturated rings. The Labute approximate surface area is 217 Å². The van der Waals surface area contributed by atoms with Crippen LogP contribution in [-0.4, -0.2) is 39.8 Å². The quantitative estimate of drug-likeness (QED) is 0.154. The van der Waals surface area contributed by atoms with E-state index in [9.17, 15) is 13.2 Å². The highest BCUT2D eigenvalue weighted by molar-refractivity contribution is 7.91. The fourth-order valence-corrected chi connectivity index (χ4v) is 5.39. The van der Waals surface area contributed by atoms with Crippen molar-refractivity contribution in [3.05, 3.63) is 48.0 Å². The van der Waals surface area contributed by atoms with Gasteiger partial charge in [0.1, 0.15) is 0 Å². The molecular weight excluding hydrogens is 474 g/mol. The number of carbonyl (C=O) groups is 1. The Balaban J connectivity index is 1.91. The second-order valence-electron chi connectivity index (χ2n) is 9.30. The number of hydrogen-bond donors (Lipinski definition) is 2. The van der Waals surface area contributed by atoms with Crippen LogP contribution in [0.3, 0.4) is 0 Å². The van der Waals surface area contributed by atoms with E-state index in [0.717, 1.165) is 31.6 Å². The van der Waals surface area contributed by atoms with Gasteiger partial charge >= 0.3 is 5.97 Å². The molecule has 200 valence electrons. The number of unbranched alkanes of at least 4 members (excludes halogenated alkanes) is 6. The molecule has 7 nitrogen and oxygen atoms in total. The topological polar surface area (TPSA) is 116 Å². The first-order valence-corrected chi connectivity index (χ1v) is 14.8. The number of nitrogens with zero attached hydrogens (tertiary/aromatic N) is 1. The lowest BCUT2D eigenvalue weighted by Gasteiger charge is -2.25. The molecule has 0 aliphatic rings. The van der Waals surface area contributed by atoms with Crippen molar-refractivity contribution in [2.24, 2.45) is 0 Å². The standard InChI is InChI=1S/C28H43N3O4S/c1-3-5-7-9-16-31(17-10-8-6-4-2)26-12-14-27(15-13-26)36(33,34)19-11-18-35-28(32)23-20-24(29)22-25(30)21-23/h12-15,20-22H,3-11,16-19,29-30H2,1-2H3. The van der Waals surface area contributed by atoms with Gasteiger partial charge < -0.3 is 21.1 Å². The van der Waals surface area contributed by atoms with Crippen LogP contribution in [0.2, 0.25) is 0 Å². The third-order valence-corrected chi connectivity index (χ3v) is 7.94. The molecule has 0 aliphatic heterocycles. The maximum Gasteiger partial charge on any atom is 0.338 e. The van der Waals surface area contributed by atoms with Crippen molar-refractivity contribution in [3.63, 3.8) is 0 Å². The molecule has 0 aliphatic carbocycles. The minimum atomic E-state index is -3.48. The molecule has 2 aromatic rings. The number of sulfone groups is 1. The van der Waals surface area contributed by atoms with Crippen LogP contribution >= 0.6 is 0 Å². The third kappa shape index (κ3) is 10.1. The molecule has 2 aromatic carbocycles. The highest BCUT2D eigenvalue weighted by Crippen LogP contribution is 2.21. The van der Waals surface area contributed by atoms with Gasteiger partial charge in [0.15, 0.2) is 9.84 Å². The van der Waals surface area contributed by atoms with Crippen molar-refractivity contribution < 1.29 is 17.9 Å². The third-order valence-electron chi connectivity index (χ3n) is 6.13. The van der Waals surface area contributed by atoms with Crippen molar-refractivity contribution in [1.82, 2.24) is 0 Å². The van der Waals surface area contributed by atoms with Gasteiger partial charge in [0.05, 0.1) is 22.8 Å². The molecule has 2 rings (SSSR count). The van der Waals surface area contributed by atoms with Crippen molar-refractivity contribution in [1.29, 1.82) is 0 Å². The van der Waals surface area contributed by atoms with Gasteiger partial charge in [0.25, 0.3) is 0 Å². The smallest absolute Gasteiger partial charge is 0.338 e. The van der Waals surface area contributed by atoms with E-state index in [1.54, 1.807) is 18.2 Å². The van der Waals surface area contributed by atoms with Crippen LogP contribution in [-0.2, 0) is 14.6 Å². The van der Waals surface area contributed by atoms with Crippen LogP contribution in [0.25, 0.3) is 0 Å². The number of hydrogen-bond acceptors (Lipinski definition) is 7. The second-order valence-corrected chi connectivity index (χ2v) is 11.4. The molecular formula is C28H43N3O4S. The van der Waals surface area contributed by atoms with E-state index in [-0.39, 0.29) is 29.2 Å². The molecule has 0 saturated carbocycles. The predicted molar refractivity (Wildman–Crippen MR) is 149 cm³/mol. The largest absolute Gasteiger partial charge is 0.462 e. The number of anilines is 3. The molecule has 0 radical (unpaired) electrons. The summed E-state index contributed by atoms with van der Waals surface area (Å²) in [7, 11) is -3.48. The maximum atomic E-state index is 12.8. The van der Waals surface area contributed by atoms with Crippen LogP contribution in [0.4, 0.5) is 17.1 Å². The highest BCUT2D eigenvalue weighted by atomic mass is 32.2. The van der Waals surface area contributed by atoms with E-state index in [2.05, 4.69) is 18.7 Å². The SMILES string of the molecule is CCCCCCN(CCCCCC)c1ccc(S(=O)(=O)CCCOC(=O)c2cc(N)cc(N)c2)cc1. The molecule has 0 aromatic heterocycles. The average molecular weight is 518 g/mol. The predicted octanol–water partition coefficient (Wildman–Crippen LogP) is 5.84. The van der Waals surface area contributed by atoms with E-state index in [1.807, 2.05) is 12.1 Å². The van der Waals surface area contributed by atoms with Gasteiger partial charge in [-0.15, -0.1) is 0 Å². The van der Waals surface area contributed by atoms with Gasteiger partial charge in [-0.25, -0.2) is 13.2 Å². The Morgan fingerprint density at radius 3 is 1.89 bits per heavy atom. The number of benzene rings is 2. The number of nitrogens with two attached hydrogens (primary N) is 2. The minimum absolute atomic E-state index is 0.00581. The summed E-state index contributed by atoms with van der Waals surface area (Å²) in [6.07, 6.45) is 9.80. The number of ether oxygens (including phenoxy) is 1. The monoisotopic (exact) mass is 517 g/mol. The fraction of sp³-hybridized carbons (Fsp3) is 0.536. The zero-order valence-electron chi connectivity index (χ0n) is 21.9. The van der Waals surface area contributed by atoms with Crippen LogP contribution in [0, 0.1) is 0 Å². The summed E-state index contributed by atoms with van der Waals surface area (Å²) in [5, 5.41) is 0. The Bertz CT molecular complexity index is 1010. The number of rotatable bonds is 17. The van der Waals surface area contributed by atoms with Gasteiger partial charge in [-0.2, -0.15) is 0 Å². The van der Waals surface area contributed by atoms with E-state index >= 15 is 0 Å². The van der Waals surface area contributed by atoms with Crippen LogP contribution in [0.15, 0.2) is 47.4 Å². The summed E-state index contributed by atoms with van der Waals surface area (Å²) < 4.78 is 30.8. The zero-order chi connectivity index (χ0) is 26.4. The van der Waals surface area contributed by atoms with Gasteiger partial charge in [-0.3, -0.25) is 0 Å². The normalized spacial score (nSPS) is 11.4. The van der Waals surface area contributed by atoms with Crippen LogP contribution < -0.4 is 16.4 Å². The first-order valence-electron chi connectivity index (χ1n) is 13.2. The van der Waals surface area contributed by atoms with E-state index in [4.69, 9.17) is 16.2 Å². The lowest BCUT2D eigenvalue weighted by atomic mass is 10.1. The van der Waals surface area contributed by atoms with E-state index in [1.165, 1.54) is 50.7 Å². The molecule has 8 heteroatoms. The van der Waals surface area contributed by atoms with Crippen LogP contribution in [0.5, 0.6) is 0 Å². The molecule has 4 N–H and O–H groups in total. The molecule has 0 saturated heterocycles. The zero-order valence-corrected chi connectivity index (χ0v) is 22.7. The molecule has 0 unspecified atom stereocenters. The number of esters is 1. The molecule has 36 heavy (non-hydrogen) atoms. The van der Waals surface area contributed by atoms with Crippen molar-refractivity contribution in [2.75, 3.05) is 41.8 Å². The van der Waals surface area contributed by atoms with Crippen molar-refractivity contribution >= 4 is 32.9 Å². The molecule has 0 spiro atoms. The fourth-order valence-electron chi connectivity index (χ4n) is 4.10. The van der Waals surface area contributed by atoms with Gasteiger partial charge in [0, 0.05) is 30.2 Å². The average Bonchev–Trinajstić information content (AvgIpc) is 2.85. The summed E-state index contributed by atoms with van der Waals surface area (Å²) >= 11 is 0. The minimum Gasteiger partial charge on any atom is -0.462 e. The highest BCUT2D eigenvalue weighted by Gasteiger charge is 2.16. The van der Waals surface area contributed by atoms with Crippen molar-refractivity contribution in [2.45, 2.75) is 76.5 Å².